The van der Waals surface area contributed by atoms with Crippen molar-refractivity contribution < 1.29 is 24.5 Å². The Morgan fingerprint density at radius 2 is 1.79 bits per heavy atom. The van der Waals surface area contributed by atoms with E-state index in [1.54, 1.807) is 12.1 Å². The molecule has 2 N–H and O–H groups in total. The van der Waals surface area contributed by atoms with Gasteiger partial charge >= 0.3 is 12.1 Å². The van der Waals surface area contributed by atoms with Gasteiger partial charge in [-0.25, -0.2) is 9.59 Å². The summed E-state index contributed by atoms with van der Waals surface area (Å²) in [4.78, 5) is 25.2. The Hall–Kier alpha value is -2.57. The van der Waals surface area contributed by atoms with Crippen molar-refractivity contribution >= 4 is 23.7 Å². The third-order valence-corrected chi connectivity index (χ3v) is 5.18. The number of ether oxygens (including phenoxy) is 1. The lowest BCUT2D eigenvalue weighted by Crippen LogP contribution is -2.41. The summed E-state index contributed by atoms with van der Waals surface area (Å²) < 4.78 is 5.26. The van der Waals surface area contributed by atoms with Crippen LogP contribution in [0.5, 0.6) is 0 Å². The van der Waals surface area contributed by atoms with Crippen molar-refractivity contribution in [1.29, 1.82) is 0 Å². The largest absolute Gasteiger partial charge is 0.480 e. The van der Waals surface area contributed by atoms with Crippen LogP contribution in [0.15, 0.2) is 54.6 Å². The molecule has 1 aliphatic rings. The maximum Gasteiger partial charge on any atom is 0.410 e. The summed E-state index contributed by atoms with van der Waals surface area (Å²) in [7, 11) is 0. The van der Waals surface area contributed by atoms with Crippen molar-refractivity contribution in [2.75, 3.05) is 6.54 Å². The van der Waals surface area contributed by atoms with Crippen LogP contribution in [-0.4, -0.2) is 45.4 Å². The standard InChI is InChI=1S/C21H22ClNO5/c22-17-8-6-15(7-9-17)10-11-21(27)12-18(19(24)25)23(14-21)20(26)28-13-16-4-2-1-3-5-16/h1-9,18,27H,10-14H2,(H,24,25)/t18-,21?/m0/s1. The Morgan fingerprint density at radius 3 is 2.43 bits per heavy atom. The summed E-state index contributed by atoms with van der Waals surface area (Å²) in [6, 6.07) is 15.3. The minimum Gasteiger partial charge on any atom is -0.480 e. The molecule has 0 aliphatic carbocycles. The van der Waals surface area contributed by atoms with Crippen LogP contribution in [0.3, 0.4) is 0 Å². The number of halogens is 1. The lowest BCUT2D eigenvalue weighted by Gasteiger charge is -2.23. The summed E-state index contributed by atoms with van der Waals surface area (Å²) in [5.74, 6) is -1.15. The molecule has 2 atom stereocenters. The van der Waals surface area contributed by atoms with Gasteiger partial charge in [0, 0.05) is 11.4 Å². The second-order valence-corrected chi connectivity index (χ2v) is 7.51. The number of carboxylic acid groups (broad SMARTS) is 1. The van der Waals surface area contributed by atoms with Crippen LogP contribution in [0.4, 0.5) is 4.79 Å². The number of amides is 1. The zero-order valence-electron chi connectivity index (χ0n) is 15.3. The third kappa shape index (κ3) is 5.03. The second-order valence-electron chi connectivity index (χ2n) is 7.08. The number of aliphatic carboxylic acids is 1. The lowest BCUT2D eigenvalue weighted by atomic mass is 9.92. The van der Waals surface area contributed by atoms with Gasteiger partial charge in [-0.2, -0.15) is 0 Å². The fourth-order valence-electron chi connectivity index (χ4n) is 3.39. The molecule has 1 amide bonds. The summed E-state index contributed by atoms with van der Waals surface area (Å²) in [6.07, 6.45) is 0.114. The van der Waals surface area contributed by atoms with Gasteiger partial charge < -0.3 is 14.9 Å². The molecule has 1 unspecified atom stereocenters. The number of carbonyl (C=O) groups is 2. The molecule has 6 nitrogen and oxygen atoms in total. The monoisotopic (exact) mass is 403 g/mol. The predicted octanol–water partition coefficient (Wildman–Crippen LogP) is 3.50. The molecular formula is C21H22ClNO5. The molecule has 0 spiro atoms. The van der Waals surface area contributed by atoms with Crippen molar-refractivity contribution in [2.45, 2.75) is 37.5 Å². The number of benzene rings is 2. The Balaban J connectivity index is 1.62. The fraction of sp³-hybridized carbons (Fsp3) is 0.333. The smallest absolute Gasteiger partial charge is 0.410 e. The number of β-amino-alcohol motifs (C(OH)–C–C–N with tert-alkyl or cyclic N) is 1. The molecule has 1 fully saturated rings. The number of carboxylic acids is 1. The van der Waals surface area contributed by atoms with Crippen LogP contribution in [0.1, 0.15) is 24.0 Å². The SMILES string of the molecule is O=C(O)[C@@H]1CC(O)(CCc2ccc(Cl)cc2)CN1C(=O)OCc1ccccc1. The zero-order chi connectivity index (χ0) is 20.1. The van der Waals surface area contributed by atoms with E-state index >= 15 is 0 Å². The highest BCUT2D eigenvalue weighted by Crippen LogP contribution is 2.32. The molecule has 148 valence electrons. The van der Waals surface area contributed by atoms with Crippen LogP contribution >= 0.6 is 11.6 Å². The maximum atomic E-state index is 12.4. The van der Waals surface area contributed by atoms with E-state index in [-0.39, 0.29) is 19.6 Å². The van der Waals surface area contributed by atoms with Gasteiger partial charge in [-0.15, -0.1) is 0 Å². The van der Waals surface area contributed by atoms with Crippen molar-refractivity contribution in [3.8, 4) is 0 Å². The molecule has 0 saturated carbocycles. The molecular weight excluding hydrogens is 382 g/mol. The van der Waals surface area contributed by atoms with E-state index in [9.17, 15) is 19.8 Å². The highest BCUT2D eigenvalue weighted by molar-refractivity contribution is 6.30. The van der Waals surface area contributed by atoms with Gasteiger partial charge in [0.1, 0.15) is 12.6 Å². The van der Waals surface area contributed by atoms with Gasteiger partial charge in [0.2, 0.25) is 0 Å². The summed E-state index contributed by atoms with van der Waals surface area (Å²) in [5, 5.41) is 21.0. The van der Waals surface area contributed by atoms with Gasteiger partial charge in [0.05, 0.1) is 12.1 Å². The number of likely N-dealkylation sites (tertiary alicyclic amines) is 1. The van der Waals surface area contributed by atoms with E-state index in [0.29, 0.717) is 17.9 Å². The van der Waals surface area contributed by atoms with E-state index in [4.69, 9.17) is 16.3 Å². The number of carbonyl (C=O) groups excluding carboxylic acids is 1. The van der Waals surface area contributed by atoms with Crippen LogP contribution in [0.2, 0.25) is 5.02 Å². The number of rotatable bonds is 6. The number of aryl methyl sites for hydroxylation is 1. The Bertz CT molecular complexity index is 826. The molecule has 1 aliphatic heterocycles. The first-order valence-electron chi connectivity index (χ1n) is 9.03. The minimum atomic E-state index is -1.28. The van der Waals surface area contributed by atoms with Crippen LogP contribution in [0, 0.1) is 0 Å². The van der Waals surface area contributed by atoms with Crippen molar-refractivity contribution in [1.82, 2.24) is 4.90 Å². The number of nitrogens with zero attached hydrogens (tertiary/aromatic N) is 1. The number of aliphatic hydroxyl groups is 1. The number of hydrogen-bond acceptors (Lipinski definition) is 4. The molecule has 0 bridgehead atoms. The topological polar surface area (TPSA) is 87.1 Å². The van der Waals surface area contributed by atoms with E-state index in [2.05, 4.69) is 0 Å². The number of hydrogen-bond donors (Lipinski definition) is 2. The van der Waals surface area contributed by atoms with Crippen LogP contribution in [-0.2, 0) is 22.6 Å². The predicted molar refractivity (Wildman–Crippen MR) is 104 cm³/mol. The fourth-order valence-corrected chi connectivity index (χ4v) is 3.51. The first-order valence-corrected chi connectivity index (χ1v) is 9.41. The molecule has 1 heterocycles. The molecule has 7 heteroatoms. The Labute approximate surface area is 168 Å². The van der Waals surface area contributed by atoms with Gasteiger partial charge in [-0.1, -0.05) is 54.1 Å². The zero-order valence-corrected chi connectivity index (χ0v) is 16.0. The lowest BCUT2D eigenvalue weighted by molar-refractivity contribution is -0.141. The van der Waals surface area contributed by atoms with E-state index < -0.39 is 23.7 Å². The average Bonchev–Trinajstić information content (AvgIpc) is 3.05. The molecule has 0 radical (unpaired) electrons. The van der Waals surface area contributed by atoms with Crippen LogP contribution < -0.4 is 0 Å². The highest BCUT2D eigenvalue weighted by atomic mass is 35.5. The van der Waals surface area contributed by atoms with Gasteiger partial charge in [0.15, 0.2) is 0 Å². The highest BCUT2D eigenvalue weighted by Gasteiger charge is 2.48. The summed E-state index contributed by atoms with van der Waals surface area (Å²) in [6.45, 7) is -0.0309. The van der Waals surface area contributed by atoms with E-state index in [1.807, 2.05) is 42.5 Å². The minimum absolute atomic E-state index is 0.0314. The van der Waals surface area contributed by atoms with Gasteiger partial charge in [0.25, 0.3) is 0 Å². The van der Waals surface area contributed by atoms with E-state index in [0.717, 1.165) is 16.0 Å². The van der Waals surface area contributed by atoms with Crippen molar-refractivity contribution in [3.63, 3.8) is 0 Å². The van der Waals surface area contributed by atoms with E-state index in [1.165, 1.54) is 0 Å². The first kappa shape index (κ1) is 20.2. The van der Waals surface area contributed by atoms with Crippen molar-refractivity contribution in [2.24, 2.45) is 0 Å². The molecule has 2 aromatic carbocycles. The molecule has 0 aromatic heterocycles. The molecule has 1 saturated heterocycles. The van der Waals surface area contributed by atoms with Gasteiger partial charge in [-0.3, -0.25) is 4.90 Å². The molecule has 2 aromatic rings. The molecule has 3 rings (SSSR count). The summed E-state index contributed by atoms with van der Waals surface area (Å²) >= 11 is 5.88. The normalized spacial score (nSPS) is 21.5. The first-order chi connectivity index (χ1) is 13.4. The van der Waals surface area contributed by atoms with Crippen molar-refractivity contribution in [3.05, 3.63) is 70.7 Å². The summed E-state index contributed by atoms with van der Waals surface area (Å²) in [5.41, 5.74) is 0.504. The Kier molecular flexibility index (Phi) is 6.21. The van der Waals surface area contributed by atoms with Gasteiger partial charge in [-0.05, 0) is 36.1 Å². The second kappa shape index (κ2) is 8.63. The molecule has 28 heavy (non-hydrogen) atoms. The Morgan fingerprint density at radius 1 is 1.11 bits per heavy atom. The van der Waals surface area contributed by atoms with Crippen LogP contribution in [0.25, 0.3) is 0 Å². The third-order valence-electron chi connectivity index (χ3n) is 4.93. The quantitative estimate of drug-likeness (QED) is 0.770. The maximum absolute atomic E-state index is 12.4. The average molecular weight is 404 g/mol.